The summed E-state index contributed by atoms with van der Waals surface area (Å²) in [6.45, 7) is 3.64. The van der Waals surface area contributed by atoms with Crippen molar-refractivity contribution >= 4 is 12.1 Å². The zero-order valence-corrected chi connectivity index (χ0v) is 16.3. The number of ether oxygens (including phenoxy) is 1. The van der Waals surface area contributed by atoms with E-state index in [2.05, 4.69) is 10.5 Å². The number of alkyl halides is 3. The number of rotatable bonds is 6. The van der Waals surface area contributed by atoms with Gasteiger partial charge in [-0.15, -0.1) is 0 Å². The molecule has 1 amide bonds. The minimum Gasteiger partial charge on any atom is -0.483 e. The maximum absolute atomic E-state index is 12.8. The molecule has 1 N–H and O–H groups in total. The number of carbonyl (C=O) groups excluding carboxylic acids is 1. The number of hydrogen-bond acceptors (Lipinski definition) is 4. The van der Waals surface area contributed by atoms with E-state index in [4.69, 9.17) is 9.15 Å². The Bertz CT molecular complexity index is 1070. The van der Waals surface area contributed by atoms with Gasteiger partial charge < -0.3 is 9.15 Å². The van der Waals surface area contributed by atoms with Crippen LogP contribution >= 0.6 is 0 Å². The maximum atomic E-state index is 12.8. The molecule has 0 fully saturated rings. The number of furan rings is 1. The van der Waals surface area contributed by atoms with Crippen LogP contribution in [0.5, 0.6) is 5.75 Å². The van der Waals surface area contributed by atoms with Crippen molar-refractivity contribution in [3.05, 3.63) is 77.0 Å². The number of nitrogens with one attached hydrogen (secondary N) is 1. The summed E-state index contributed by atoms with van der Waals surface area (Å²) in [6.07, 6.45) is -3.18. The van der Waals surface area contributed by atoms with Gasteiger partial charge in [-0.3, -0.25) is 4.79 Å². The van der Waals surface area contributed by atoms with Gasteiger partial charge in [-0.1, -0.05) is 29.8 Å². The molecule has 0 saturated carbocycles. The number of halogens is 3. The number of hydrogen-bond donors (Lipinski definition) is 1. The summed E-state index contributed by atoms with van der Waals surface area (Å²) >= 11 is 0. The van der Waals surface area contributed by atoms with Gasteiger partial charge in [-0.2, -0.15) is 18.3 Å². The molecule has 0 aliphatic heterocycles. The molecule has 0 aliphatic rings. The van der Waals surface area contributed by atoms with Gasteiger partial charge in [-0.25, -0.2) is 5.43 Å². The van der Waals surface area contributed by atoms with Crippen molar-refractivity contribution in [3.63, 3.8) is 0 Å². The Kier molecular flexibility index (Phi) is 6.25. The van der Waals surface area contributed by atoms with Crippen LogP contribution in [0.15, 0.2) is 64.1 Å². The highest BCUT2D eigenvalue weighted by Gasteiger charge is 2.30. The molecule has 5 nitrogen and oxygen atoms in total. The third-order valence-electron chi connectivity index (χ3n) is 4.17. The molecule has 30 heavy (non-hydrogen) atoms. The second-order valence-corrected chi connectivity index (χ2v) is 6.63. The van der Waals surface area contributed by atoms with Crippen LogP contribution in [0.25, 0.3) is 11.3 Å². The summed E-state index contributed by atoms with van der Waals surface area (Å²) in [6, 6.07) is 13.5. The highest BCUT2D eigenvalue weighted by Crippen LogP contribution is 2.32. The van der Waals surface area contributed by atoms with E-state index >= 15 is 0 Å². The van der Waals surface area contributed by atoms with Crippen LogP contribution in [0.2, 0.25) is 0 Å². The van der Waals surface area contributed by atoms with E-state index in [-0.39, 0.29) is 23.7 Å². The molecule has 1 heterocycles. The minimum absolute atomic E-state index is 0.213. The Morgan fingerprint density at radius 3 is 2.67 bits per heavy atom. The van der Waals surface area contributed by atoms with Crippen molar-refractivity contribution in [2.75, 3.05) is 6.61 Å². The first-order valence-corrected chi connectivity index (χ1v) is 9.02. The van der Waals surface area contributed by atoms with Crippen molar-refractivity contribution in [1.82, 2.24) is 5.43 Å². The van der Waals surface area contributed by atoms with Gasteiger partial charge in [0.15, 0.2) is 6.61 Å². The summed E-state index contributed by atoms with van der Waals surface area (Å²) in [4.78, 5) is 11.9. The van der Waals surface area contributed by atoms with Gasteiger partial charge in [-0.05, 0) is 49.7 Å². The summed E-state index contributed by atoms with van der Waals surface area (Å²) in [5.74, 6) is 0.678. The first kappa shape index (κ1) is 21.2. The van der Waals surface area contributed by atoms with E-state index in [0.717, 1.165) is 23.3 Å². The SMILES string of the molecule is Cc1ccc(OCC(=O)N/N=C\c2ccc(-c3cccc(C(F)(F)F)c3)o2)c(C)c1. The lowest BCUT2D eigenvalue weighted by Crippen LogP contribution is -2.24. The van der Waals surface area contributed by atoms with E-state index in [9.17, 15) is 18.0 Å². The first-order valence-electron chi connectivity index (χ1n) is 9.02. The monoisotopic (exact) mass is 416 g/mol. The second-order valence-electron chi connectivity index (χ2n) is 6.63. The van der Waals surface area contributed by atoms with Gasteiger partial charge in [0.05, 0.1) is 11.8 Å². The fourth-order valence-corrected chi connectivity index (χ4v) is 2.73. The Morgan fingerprint density at radius 1 is 1.13 bits per heavy atom. The molecule has 0 bridgehead atoms. The quantitative estimate of drug-likeness (QED) is 0.449. The van der Waals surface area contributed by atoms with Gasteiger partial charge in [0.1, 0.15) is 17.3 Å². The standard InChI is InChI=1S/C22H19F3N2O3/c1-14-6-8-19(15(2)10-14)29-13-21(28)27-26-12-18-7-9-20(30-18)16-4-3-5-17(11-16)22(23,24)25/h3-12H,13H2,1-2H3,(H,27,28)/b26-12-. The Labute approximate surface area is 171 Å². The molecule has 0 spiro atoms. The topological polar surface area (TPSA) is 63.8 Å². The summed E-state index contributed by atoms with van der Waals surface area (Å²) in [7, 11) is 0. The van der Waals surface area contributed by atoms with Crippen molar-refractivity contribution in [3.8, 4) is 17.1 Å². The highest BCUT2D eigenvalue weighted by molar-refractivity contribution is 5.81. The third kappa shape index (κ3) is 5.50. The molecule has 0 unspecified atom stereocenters. The lowest BCUT2D eigenvalue weighted by molar-refractivity contribution is -0.137. The molecule has 0 saturated heterocycles. The number of nitrogens with zero attached hydrogens (tertiary/aromatic N) is 1. The van der Waals surface area contributed by atoms with Gasteiger partial charge in [0.25, 0.3) is 5.91 Å². The number of amides is 1. The Balaban J connectivity index is 1.56. The maximum Gasteiger partial charge on any atom is 0.416 e. The summed E-state index contributed by atoms with van der Waals surface area (Å²) < 4.78 is 49.5. The molecule has 3 aromatic rings. The molecule has 2 aromatic carbocycles. The van der Waals surface area contributed by atoms with Crippen LogP contribution < -0.4 is 10.2 Å². The average molecular weight is 416 g/mol. The normalized spacial score (nSPS) is 11.6. The molecule has 8 heteroatoms. The van der Waals surface area contributed by atoms with Crippen molar-refractivity contribution in [2.45, 2.75) is 20.0 Å². The fourth-order valence-electron chi connectivity index (χ4n) is 2.73. The van der Waals surface area contributed by atoms with Gasteiger partial charge in [0, 0.05) is 5.56 Å². The van der Waals surface area contributed by atoms with Crippen LogP contribution in [-0.2, 0) is 11.0 Å². The number of carbonyl (C=O) groups is 1. The predicted octanol–water partition coefficient (Wildman–Crippen LogP) is 5.11. The zero-order valence-electron chi connectivity index (χ0n) is 16.3. The van der Waals surface area contributed by atoms with E-state index < -0.39 is 17.6 Å². The molecule has 3 rings (SSSR count). The zero-order chi connectivity index (χ0) is 21.7. The second kappa shape index (κ2) is 8.86. The van der Waals surface area contributed by atoms with Gasteiger partial charge in [0.2, 0.25) is 0 Å². The van der Waals surface area contributed by atoms with E-state index in [0.29, 0.717) is 5.75 Å². The Morgan fingerprint density at radius 2 is 1.93 bits per heavy atom. The van der Waals surface area contributed by atoms with Crippen LogP contribution in [0, 0.1) is 13.8 Å². The van der Waals surface area contributed by atoms with Crippen LogP contribution in [0.3, 0.4) is 0 Å². The van der Waals surface area contributed by atoms with E-state index in [1.165, 1.54) is 30.5 Å². The van der Waals surface area contributed by atoms with Crippen molar-refractivity contribution in [1.29, 1.82) is 0 Å². The number of aryl methyl sites for hydroxylation is 2. The van der Waals surface area contributed by atoms with Crippen molar-refractivity contribution in [2.24, 2.45) is 5.10 Å². The third-order valence-corrected chi connectivity index (χ3v) is 4.17. The molecule has 156 valence electrons. The van der Waals surface area contributed by atoms with Crippen LogP contribution in [0.4, 0.5) is 13.2 Å². The lowest BCUT2D eigenvalue weighted by atomic mass is 10.1. The van der Waals surface area contributed by atoms with Crippen LogP contribution in [0.1, 0.15) is 22.5 Å². The number of hydrazone groups is 1. The van der Waals surface area contributed by atoms with E-state index in [1.54, 1.807) is 6.07 Å². The molecule has 0 atom stereocenters. The van der Waals surface area contributed by atoms with E-state index in [1.807, 2.05) is 26.0 Å². The number of benzene rings is 2. The molecule has 0 aliphatic carbocycles. The lowest BCUT2D eigenvalue weighted by Gasteiger charge is -2.08. The van der Waals surface area contributed by atoms with Crippen molar-refractivity contribution < 1.29 is 27.1 Å². The highest BCUT2D eigenvalue weighted by atomic mass is 19.4. The summed E-state index contributed by atoms with van der Waals surface area (Å²) in [5.41, 5.74) is 3.85. The summed E-state index contributed by atoms with van der Waals surface area (Å²) in [5, 5.41) is 3.78. The van der Waals surface area contributed by atoms with Crippen LogP contribution in [-0.4, -0.2) is 18.7 Å². The van der Waals surface area contributed by atoms with Gasteiger partial charge >= 0.3 is 6.18 Å². The Hall–Kier alpha value is -3.55. The largest absolute Gasteiger partial charge is 0.483 e. The predicted molar refractivity (Wildman–Crippen MR) is 106 cm³/mol. The first-order chi connectivity index (χ1) is 14.2. The smallest absolute Gasteiger partial charge is 0.416 e. The fraction of sp³-hybridized carbons (Fsp3) is 0.182. The molecule has 1 aromatic heterocycles. The minimum atomic E-state index is -4.43. The molecular weight excluding hydrogens is 397 g/mol. The molecule has 0 radical (unpaired) electrons. The average Bonchev–Trinajstić information content (AvgIpc) is 3.16. The molecular formula is C22H19F3N2O3.